The second kappa shape index (κ2) is 3.43. The van der Waals surface area contributed by atoms with E-state index in [1.165, 1.54) is 6.07 Å². The Bertz CT molecular complexity index is 355. The minimum atomic E-state index is -4.27. The fourth-order valence-electron chi connectivity index (χ4n) is 1.71. The normalized spacial score (nSPS) is 16.5. The van der Waals surface area contributed by atoms with Crippen LogP contribution in [0, 0.1) is 6.92 Å². The van der Waals surface area contributed by atoms with Crippen LogP contribution in [-0.4, -0.2) is 12.3 Å². The highest BCUT2D eigenvalue weighted by atomic mass is 19.4. The molecular formula is C11H12F3N. The monoisotopic (exact) mass is 215 g/mol. The van der Waals surface area contributed by atoms with Gasteiger partial charge in [-0.3, -0.25) is 4.90 Å². The van der Waals surface area contributed by atoms with Crippen molar-refractivity contribution in [2.24, 2.45) is 0 Å². The van der Waals surface area contributed by atoms with Gasteiger partial charge in [0.1, 0.15) is 0 Å². The minimum absolute atomic E-state index is 0.285. The molecule has 4 heteroatoms. The van der Waals surface area contributed by atoms with Crippen LogP contribution in [0.1, 0.15) is 18.4 Å². The molecule has 1 aliphatic carbocycles. The Kier molecular flexibility index (Phi) is 2.37. The SMILES string of the molecule is Cc1ccccc1N(C1CC1)C(F)(F)F. The van der Waals surface area contributed by atoms with Crippen molar-refractivity contribution in [1.29, 1.82) is 0 Å². The molecule has 1 aromatic rings. The maximum absolute atomic E-state index is 12.8. The molecular weight excluding hydrogens is 203 g/mol. The molecule has 15 heavy (non-hydrogen) atoms. The van der Waals surface area contributed by atoms with Gasteiger partial charge in [-0.05, 0) is 31.4 Å². The minimum Gasteiger partial charge on any atom is -0.281 e. The van der Waals surface area contributed by atoms with E-state index in [9.17, 15) is 13.2 Å². The summed E-state index contributed by atoms with van der Waals surface area (Å²) in [5, 5.41) is 0. The number of nitrogens with zero attached hydrogens (tertiary/aromatic N) is 1. The fourth-order valence-corrected chi connectivity index (χ4v) is 1.71. The Labute approximate surface area is 86.5 Å². The highest BCUT2D eigenvalue weighted by molar-refractivity contribution is 5.55. The van der Waals surface area contributed by atoms with E-state index < -0.39 is 6.30 Å². The molecule has 1 nitrogen and oxygen atoms in total. The Hall–Kier alpha value is -1.19. The summed E-state index contributed by atoms with van der Waals surface area (Å²) in [4.78, 5) is 0.586. The number of aryl methyl sites for hydroxylation is 1. The summed E-state index contributed by atoms with van der Waals surface area (Å²) in [5.41, 5.74) is 0.953. The number of anilines is 1. The van der Waals surface area contributed by atoms with Crippen LogP contribution in [0.2, 0.25) is 0 Å². The third-order valence-corrected chi connectivity index (χ3v) is 2.56. The van der Waals surface area contributed by atoms with Crippen LogP contribution in [0.15, 0.2) is 24.3 Å². The van der Waals surface area contributed by atoms with E-state index in [4.69, 9.17) is 0 Å². The Morgan fingerprint density at radius 3 is 2.27 bits per heavy atom. The Morgan fingerprint density at radius 2 is 1.80 bits per heavy atom. The number of alkyl halides is 3. The van der Waals surface area contributed by atoms with Crippen LogP contribution < -0.4 is 4.90 Å². The van der Waals surface area contributed by atoms with Crippen molar-refractivity contribution in [3.63, 3.8) is 0 Å². The van der Waals surface area contributed by atoms with Gasteiger partial charge >= 0.3 is 6.30 Å². The molecule has 0 aromatic heterocycles. The summed E-state index contributed by atoms with van der Waals surface area (Å²) in [6, 6.07) is 6.27. The molecule has 2 rings (SSSR count). The summed E-state index contributed by atoms with van der Waals surface area (Å²) in [7, 11) is 0. The zero-order chi connectivity index (χ0) is 11.1. The number of benzene rings is 1. The van der Waals surface area contributed by atoms with Gasteiger partial charge in [-0.1, -0.05) is 18.2 Å². The molecule has 1 fully saturated rings. The van der Waals surface area contributed by atoms with Crippen LogP contribution >= 0.6 is 0 Å². The predicted octanol–water partition coefficient (Wildman–Crippen LogP) is 3.48. The molecule has 1 saturated carbocycles. The molecule has 0 heterocycles. The number of halogens is 3. The molecule has 0 bridgehead atoms. The molecule has 0 aliphatic heterocycles. The molecule has 0 radical (unpaired) electrons. The zero-order valence-corrected chi connectivity index (χ0v) is 8.38. The maximum Gasteiger partial charge on any atom is 0.485 e. The van der Waals surface area contributed by atoms with Crippen LogP contribution in [0.25, 0.3) is 0 Å². The van der Waals surface area contributed by atoms with Crippen LogP contribution in [0.5, 0.6) is 0 Å². The predicted molar refractivity (Wildman–Crippen MR) is 52.7 cm³/mol. The first-order valence-corrected chi connectivity index (χ1v) is 4.92. The highest BCUT2D eigenvalue weighted by Gasteiger charge is 2.46. The van der Waals surface area contributed by atoms with E-state index in [2.05, 4.69) is 0 Å². The third-order valence-electron chi connectivity index (χ3n) is 2.56. The lowest BCUT2D eigenvalue weighted by Crippen LogP contribution is -2.40. The van der Waals surface area contributed by atoms with Gasteiger partial charge in [0.25, 0.3) is 0 Å². The topological polar surface area (TPSA) is 3.24 Å². The quantitative estimate of drug-likeness (QED) is 0.682. The third kappa shape index (κ3) is 2.08. The van der Waals surface area contributed by atoms with Gasteiger partial charge < -0.3 is 0 Å². The van der Waals surface area contributed by atoms with Gasteiger partial charge in [0.2, 0.25) is 0 Å². The van der Waals surface area contributed by atoms with E-state index in [0.717, 1.165) is 0 Å². The van der Waals surface area contributed by atoms with E-state index in [1.807, 2.05) is 0 Å². The second-order valence-corrected chi connectivity index (χ2v) is 3.86. The second-order valence-electron chi connectivity index (χ2n) is 3.86. The summed E-state index contributed by atoms with van der Waals surface area (Å²) >= 11 is 0. The van der Waals surface area contributed by atoms with Gasteiger partial charge in [-0.15, -0.1) is 0 Å². The maximum atomic E-state index is 12.8. The number of hydrogen-bond acceptors (Lipinski definition) is 1. The molecule has 0 amide bonds. The van der Waals surface area contributed by atoms with Crippen molar-refractivity contribution in [2.75, 3.05) is 4.90 Å². The van der Waals surface area contributed by atoms with E-state index in [0.29, 0.717) is 23.3 Å². The van der Waals surface area contributed by atoms with Crippen molar-refractivity contribution in [2.45, 2.75) is 32.1 Å². The first-order valence-electron chi connectivity index (χ1n) is 4.92. The standard InChI is InChI=1S/C11H12F3N/c1-8-4-2-3-5-10(8)15(9-6-7-9)11(12,13)14/h2-5,9H,6-7H2,1H3. The first-order chi connectivity index (χ1) is 7.00. The fraction of sp³-hybridized carbons (Fsp3) is 0.455. The summed E-state index contributed by atoms with van der Waals surface area (Å²) in [5.74, 6) is 0. The average Bonchev–Trinajstić information content (AvgIpc) is 2.90. The van der Waals surface area contributed by atoms with Crippen molar-refractivity contribution < 1.29 is 13.2 Å². The Morgan fingerprint density at radius 1 is 1.20 bits per heavy atom. The average molecular weight is 215 g/mol. The number of para-hydroxylation sites is 1. The molecule has 0 saturated heterocycles. The molecule has 0 unspecified atom stereocenters. The number of rotatable bonds is 2. The number of hydrogen-bond donors (Lipinski definition) is 0. The lowest BCUT2D eigenvalue weighted by Gasteiger charge is -2.28. The van der Waals surface area contributed by atoms with Crippen LogP contribution in [0.3, 0.4) is 0 Å². The summed E-state index contributed by atoms with van der Waals surface area (Å²) in [6.07, 6.45) is -3.00. The van der Waals surface area contributed by atoms with E-state index in [1.54, 1.807) is 25.1 Å². The Balaban J connectivity index is 2.37. The van der Waals surface area contributed by atoms with Crippen molar-refractivity contribution in [1.82, 2.24) is 0 Å². The molecule has 0 N–H and O–H groups in total. The lowest BCUT2D eigenvalue weighted by atomic mass is 10.2. The van der Waals surface area contributed by atoms with Crippen molar-refractivity contribution in [3.05, 3.63) is 29.8 Å². The van der Waals surface area contributed by atoms with Gasteiger partial charge in [0.05, 0.1) is 0 Å². The zero-order valence-electron chi connectivity index (χ0n) is 8.38. The molecule has 1 aromatic carbocycles. The van der Waals surface area contributed by atoms with Crippen LogP contribution in [0.4, 0.5) is 18.9 Å². The van der Waals surface area contributed by atoms with Crippen LogP contribution in [-0.2, 0) is 0 Å². The molecule has 0 spiro atoms. The smallest absolute Gasteiger partial charge is 0.281 e. The lowest BCUT2D eigenvalue weighted by molar-refractivity contribution is -0.130. The van der Waals surface area contributed by atoms with Crippen molar-refractivity contribution in [3.8, 4) is 0 Å². The summed E-state index contributed by atoms with van der Waals surface area (Å²) < 4.78 is 38.4. The highest BCUT2D eigenvalue weighted by Crippen LogP contribution is 2.40. The van der Waals surface area contributed by atoms with Gasteiger partial charge in [0, 0.05) is 11.7 Å². The molecule has 1 aliphatic rings. The molecule has 0 atom stereocenters. The van der Waals surface area contributed by atoms with Gasteiger partial charge in [-0.25, -0.2) is 0 Å². The first kappa shape index (κ1) is 10.3. The van der Waals surface area contributed by atoms with E-state index >= 15 is 0 Å². The van der Waals surface area contributed by atoms with Gasteiger partial charge in [0.15, 0.2) is 0 Å². The van der Waals surface area contributed by atoms with Gasteiger partial charge in [-0.2, -0.15) is 13.2 Å². The largest absolute Gasteiger partial charge is 0.485 e. The van der Waals surface area contributed by atoms with Crippen molar-refractivity contribution >= 4 is 5.69 Å². The van der Waals surface area contributed by atoms with E-state index in [-0.39, 0.29) is 11.7 Å². The summed E-state index contributed by atoms with van der Waals surface area (Å²) in [6.45, 7) is 1.70. The molecule has 82 valence electrons.